The van der Waals surface area contributed by atoms with E-state index in [0.29, 0.717) is 28.4 Å². The summed E-state index contributed by atoms with van der Waals surface area (Å²) in [5, 5.41) is 0. The Morgan fingerprint density at radius 2 is 1.67 bits per heavy atom. The Bertz CT molecular complexity index is 661. The van der Waals surface area contributed by atoms with E-state index < -0.39 is 0 Å². The average molecular weight is 413 g/mol. The molecule has 4 fully saturated rings. The predicted octanol–water partition coefficient (Wildman–Crippen LogP) is 8.09. The fraction of sp³-hybridized carbons (Fsp3) is 0.897. The quantitative estimate of drug-likeness (QED) is 0.417. The van der Waals surface area contributed by atoms with E-state index in [9.17, 15) is 4.79 Å². The van der Waals surface area contributed by atoms with Crippen molar-refractivity contribution in [3.63, 3.8) is 0 Å². The van der Waals surface area contributed by atoms with Gasteiger partial charge in [0.05, 0.1) is 0 Å². The number of carbonyl (C=O) groups is 1. The number of hydrogen-bond acceptors (Lipinski definition) is 1. The van der Waals surface area contributed by atoms with Gasteiger partial charge in [0.2, 0.25) is 0 Å². The molecule has 0 saturated heterocycles. The fourth-order valence-corrected chi connectivity index (χ4v) is 9.23. The average Bonchev–Trinajstić information content (AvgIpc) is 3.06. The maximum Gasteiger partial charge on any atom is 0.133 e. The summed E-state index contributed by atoms with van der Waals surface area (Å²) >= 11 is 0. The first-order valence-electron chi connectivity index (χ1n) is 13.4. The lowest BCUT2D eigenvalue weighted by atomic mass is 9.44. The molecule has 30 heavy (non-hydrogen) atoms. The van der Waals surface area contributed by atoms with Crippen molar-refractivity contribution in [1.29, 1.82) is 0 Å². The van der Waals surface area contributed by atoms with Gasteiger partial charge in [0.15, 0.2) is 0 Å². The third kappa shape index (κ3) is 3.65. The summed E-state index contributed by atoms with van der Waals surface area (Å²) in [6.45, 7) is 14.8. The van der Waals surface area contributed by atoms with E-state index in [-0.39, 0.29) is 0 Å². The van der Waals surface area contributed by atoms with Gasteiger partial charge in [-0.3, -0.25) is 4.79 Å². The molecule has 0 radical (unpaired) electrons. The van der Waals surface area contributed by atoms with E-state index in [1.165, 1.54) is 51.4 Å². The second kappa shape index (κ2) is 8.40. The van der Waals surface area contributed by atoms with E-state index in [2.05, 4.69) is 53.7 Å². The Labute approximate surface area is 186 Å². The van der Waals surface area contributed by atoms with Crippen LogP contribution in [0.25, 0.3) is 0 Å². The molecule has 4 saturated carbocycles. The number of fused-ring (bicyclic) bond motifs is 5. The van der Waals surface area contributed by atoms with Crippen molar-refractivity contribution in [2.45, 2.75) is 106 Å². The first kappa shape index (κ1) is 22.6. The molecule has 0 N–H and O–H groups in total. The van der Waals surface area contributed by atoms with Gasteiger partial charge in [0, 0.05) is 12.8 Å². The third-order valence-electron chi connectivity index (χ3n) is 11.2. The monoisotopic (exact) mass is 412 g/mol. The van der Waals surface area contributed by atoms with Gasteiger partial charge in [-0.15, -0.1) is 0 Å². The first-order chi connectivity index (χ1) is 14.2. The second-order valence-corrected chi connectivity index (χ2v) is 12.7. The lowest BCUT2D eigenvalue weighted by molar-refractivity contribution is -0.140. The maximum atomic E-state index is 12.1. The molecule has 0 aliphatic heterocycles. The van der Waals surface area contributed by atoms with Crippen LogP contribution in [0.15, 0.2) is 12.2 Å². The summed E-state index contributed by atoms with van der Waals surface area (Å²) in [7, 11) is 0. The zero-order valence-electron chi connectivity index (χ0n) is 20.8. The van der Waals surface area contributed by atoms with Crippen molar-refractivity contribution in [1.82, 2.24) is 0 Å². The predicted molar refractivity (Wildman–Crippen MR) is 127 cm³/mol. The molecule has 0 aromatic carbocycles. The Hall–Kier alpha value is -0.590. The van der Waals surface area contributed by atoms with Crippen LogP contribution in [0.1, 0.15) is 106 Å². The van der Waals surface area contributed by atoms with Crippen LogP contribution in [0.2, 0.25) is 0 Å². The minimum atomic E-state index is 0.452. The van der Waals surface area contributed by atoms with Crippen LogP contribution in [-0.4, -0.2) is 5.78 Å². The zero-order valence-corrected chi connectivity index (χ0v) is 20.8. The summed E-state index contributed by atoms with van der Waals surface area (Å²) in [6.07, 6.45) is 17.8. The smallest absolute Gasteiger partial charge is 0.133 e. The van der Waals surface area contributed by atoms with E-state index >= 15 is 0 Å². The van der Waals surface area contributed by atoms with E-state index in [4.69, 9.17) is 0 Å². The molecule has 4 aliphatic rings. The molecule has 0 bridgehead atoms. The molecule has 0 spiro atoms. The molecule has 9 atom stereocenters. The lowest BCUT2D eigenvalue weighted by Crippen LogP contribution is -2.53. The Kier molecular flexibility index (Phi) is 6.33. The van der Waals surface area contributed by atoms with Gasteiger partial charge < -0.3 is 0 Å². The largest absolute Gasteiger partial charge is 0.300 e. The second-order valence-electron chi connectivity index (χ2n) is 12.7. The van der Waals surface area contributed by atoms with Crippen LogP contribution in [-0.2, 0) is 4.79 Å². The van der Waals surface area contributed by atoms with Crippen molar-refractivity contribution in [2.75, 3.05) is 0 Å². The minimum Gasteiger partial charge on any atom is -0.300 e. The maximum absolute atomic E-state index is 12.1. The third-order valence-corrected chi connectivity index (χ3v) is 11.2. The number of carbonyl (C=O) groups excluding carboxylic acids is 1. The van der Waals surface area contributed by atoms with Crippen LogP contribution in [0.3, 0.4) is 0 Å². The van der Waals surface area contributed by atoms with Crippen molar-refractivity contribution in [2.24, 2.45) is 58.2 Å². The zero-order chi connectivity index (χ0) is 21.7. The standard InChI is InChI=1S/C29H48O/c1-7-21(19(2)3)9-8-20(4)25-12-13-26-24-11-10-22-18-23(30)14-16-28(22,5)27(24)15-17-29(25,26)6/h8-9,19-22,24-27H,7,10-18H2,1-6H3/b9-8+/t20-,21-,22-,24+,25-,26+,27+,28-,29+/m0/s1. The van der Waals surface area contributed by atoms with Gasteiger partial charge in [-0.05, 0) is 110 Å². The molecular formula is C29H48O. The first-order valence-corrected chi connectivity index (χ1v) is 13.4. The highest BCUT2D eigenvalue weighted by Gasteiger charge is 2.60. The molecule has 170 valence electrons. The Morgan fingerprint density at radius 1 is 0.933 bits per heavy atom. The fourth-order valence-electron chi connectivity index (χ4n) is 9.23. The van der Waals surface area contributed by atoms with Gasteiger partial charge in [-0.25, -0.2) is 0 Å². The van der Waals surface area contributed by atoms with Crippen LogP contribution in [0.5, 0.6) is 0 Å². The lowest BCUT2D eigenvalue weighted by Gasteiger charge is -2.60. The van der Waals surface area contributed by atoms with Crippen LogP contribution in [0.4, 0.5) is 0 Å². The summed E-state index contributed by atoms with van der Waals surface area (Å²) in [6, 6.07) is 0. The van der Waals surface area contributed by atoms with Crippen molar-refractivity contribution in [3.8, 4) is 0 Å². The highest BCUT2D eigenvalue weighted by molar-refractivity contribution is 5.79. The van der Waals surface area contributed by atoms with Crippen molar-refractivity contribution >= 4 is 5.78 Å². The van der Waals surface area contributed by atoms with Crippen LogP contribution < -0.4 is 0 Å². The van der Waals surface area contributed by atoms with E-state index in [0.717, 1.165) is 48.3 Å². The minimum absolute atomic E-state index is 0.452. The Balaban J connectivity index is 1.50. The van der Waals surface area contributed by atoms with E-state index in [1.807, 2.05) is 0 Å². The summed E-state index contributed by atoms with van der Waals surface area (Å²) in [5.74, 6) is 7.04. The molecule has 4 aliphatic carbocycles. The number of hydrogen-bond donors (Lipinski definition) is 0. The van der Waals surface area contributed by atoms with Gasteiger partial charge in [0.25, 0.3) is 0 Å². The number of Topliss-reactive ketones (excluding diaryl/α,β-unsaturated/α-hetero) is 1. The van der Waals surface area contributed by atoms with Crippen LogP contribution in [0, 0.1) is 58.2 Å². The van der Waals surface area contributed by atoms with Crippen LogP contribution >= 0.6 is 0 Å². The summed E-state index contributed by atoms with van der Waals surface area (Å²) in [4.78, 5) is 12.1. The SMILES string of the molecule is CC[C@@H](/C=C/[C@H](C)[C@@H]1CC[C@@H]2[C@H]3CC[C@H]4CC(=O)CC[C@]4(C)[C@@H]3CC[C@@]21C)C(C)C. The molecule has 0 aromatic rings. The molecule has 0 heterocycles. The van der Waals surface area contributed by atoms with Crippen molar-refractivity contribution < 1.29 is 4.79 Å². The highest BCUT2D eigenvalue weighted by atomic mass is 16.1. The number of rotatable bonds is 5. The molecule has 1 nitrogen and oxygen atoms in total. The Morgan fingerprint density at radius 3 is 2.37 bits per heavy atom. The summed E-state index contributed by atoms with van der Waals surface area (Å²) < 4.78 is 0. The van der Waals surface area contributed by atoms with Gasteiger partial charge in [-0.2, -0.15) is 0 Å². The molecule has 1 heteroatoms. The van der Waals surface area contributed by atoms with Gasteiger partial charge in [0.1, 0.15) is 5.78 Å². The van der Waals surface area contributed by atoms with E-state index in [1.54, 1.807) is 0 Å². The molecular weight excluding hydrogens is 364 g/mol. The molecule has 0 unspecified atom stereocenters. The number of allylic oxidation sites excluding steroid dienone is 2. The molecule has 0 aromatic heterocycles. The normalized spacial score (nSPS) is 45.8. The van der Waals surface area contributed by atoms with Crippen molar-refractivity contribution in [3.05, 3.63) is 12.2 Å². The highest BCUT2D eigenvalue weighted by Crippen LogP contribution is 2.68. The number of ketones is 1. The molecule has 0 amide bonds. The summed E-state index contributed by atoms with van der Waals surface area (Å²) in [5.41, 5.74) is 0.992. The van der Waals surface area contributed by atoms with Gasteiger partial charge in [-0.1, -0.05) is 53.7 Å². The topological polar surface area (TPSA) is 17.1 Å². The molecule has 4 rings (SSSR count). The van der Waals surface area contributed by atoms with Gasteiger partial charge >= 0.3 is 0 Å².